The highest BCUT2D eigenvalue weighted by Crippen LogP contribution is 2.39. The van der Waals surface area contributed by atoms with Gasteiger partial charge in [-0.2, -0.15) is 0 Å². The van der Waals surface area contributed by atoms with Gasteiger partial charge >= 0.3 is 0 Å². The van der Waals surface area contributed by atoms with Crippen LogP contribution in [-0.2, 0) is 9.59 Å². The highest BCUT2D eigenvalue weighted by Gasteiger charge is 2.41. The van der Waals surface area contributed by atoms with Crippen LogP contribution < -0.4 is 19.7 Å². The standard InChI is InChI=1S/C26H21FN2O4/c1-15-6-8-20(16(2)12-15)23-24(28-18-5-3-4-17(27)13-18)26(31)29(25(23)30)19-7-9-21-22(14-19)33-11-10-32-21/h3-9,12-14,28H,10-11H2,1-2H3. The van der Waals surface area contributed by atoms with Crippen molar-refractivity contribution in [3.8, 4) is 11.5 Å². The fraction of sp³-hybridized carbons (Fsp3) is 0.154. The zero-order valence-electron chi connectivity index (χ0n) is 18.1. The van der Waals surface area contributed by atoms with E-state index in [0.717, 1.165) is 16.0 Å². The van der Waals surface area contributed by atoms with Crippen LogP contribution in [0.1, 0.15) is 16.7 Å². The van der Waals surface area contributed by atoms with Crippen molar-refractivity contribution in [1.29, 1.82) is 0 Å². The van der Waals surface area contributed by atoms with Gasteiger partial charge < -0.3 is 14.8 Å². The van der Waals surface area contributed by atoms with E-state index in [2.05, 4.69) is 5.32 Å². The van der Waals surface area contributed by atoms with Gasteiger partial charge in [0.2, 0.25) is 0 Å². The first-order valence-corrected chi connectivity index (χ1v) is 10.6. The van der Waals surface area contributed by atoms with Crippen LogP contribution >= 0.6 is 0 Å². The molecule has 2 amide bonds. The quantitative estimate of drug-likeness (QED) is 0.596. The van der Waals surface area contributed by atoms with Crippen molar-refractivity contribution in [2.45, 2.75) is 13.8 Å². The van der Waals surface area contributed by atoms with Crippen molar-refractivity contribution in [2.75, 3.05) is 23.4 Å². The highest BCUT2D eigenvalue weighted by molar-refractivity contribution is 6.46. The predicted octanol–water partition coefficient (Wildman–Crippen LogP) is 4.61. The van der Waals surface area contributed by atoms with Crippen LogP contribution in [0.4, 0.5) is 15.8 Å². The van der Waals surface area contributed by atoms with E-state index in [1.54, 1.807) is 24.3 Å². The van der Waals surface area contributed by atoms with E-state index >= 15 is 0 Å². The number of anilines is 2. The molecule has 166 valence electrons. The Bertz CT molecular complexity index is 1330. The molecule has 2 aliphatic rings. The van der Waals surface area contributed by atoms with E-state index in [-0.39, 0.29) is 11.3 Å². The van der Waals surface area contributed by atoms with Crippen LogP contribution in [0, 0.1) is 19.7 Å². The third-order valence-corrected chi connectivity index (χ3v) is 5.61. The molecule has 0 unspecified atom stereocenters. The summed E-state index contributed by atoms with van der Waals surface area (Å²) in [6.45, 7) is 4.67. The number of rotatable bonds is 4. The normalized spacial score (nSPS) is 15.3. The molecular formula is C26H21FN2O4. The number of nitrogens with one attached hydrogen (secondary N) is 1. The van der Waals surface area contributed by atoms with Gasteiger partial charge in [-0.15, -0.1) is 0 Å². The van der Waals surface area contributed by atoms with Gasteiger partial charge in [-0.25, -0.2) is 9.29 Å². The SMILES string of the molecule is Cc1ccc(C2=C(Nc3cccc(F)c3)C(=O)N(c3ccc4c(c3)OCCO4)C2=O)c(C)c1. The minimum Gasteiger partial charge on any atom is -0.486 e. The van der Waals surface area contributed by atoms with Gasteiger partial charge in [-0.1, -0.05) is 29.8 Å². The van der Waals surface area contributed by atoms with Crippen molar-refractivity contribution in [1.82, 2.24) is 0 Å². The highest BCUT2D eigenvalue weighted by atomic mass is 19.1. The van der Waals surface area contributed by atoms with E-state index in [9.17, 15) is 14.0 Å². The molecule has 0 spiro atoms. The number of fused-ring (bicyclic) bond motifs is 1. The van der Waals surface area contributed by atoms with Gasteiger partial charge in [-0.3, -0.25) is 9.59 Å². The lowest BCUT2D eigenvalue weighted by Crippen LogP contribution is -2.32. The average Bonchev–Trinajstić information content (AvgIpc) is 3.03. The maximum Gasteiger partial charge on any atom is 0.282 e. The average molecular weight is 444 g/mol. The number of benzene rings is 3. The Balaban J connectivity index is 1.62. The summed E-state index contributed by atoms with van der Waals surface area (Å²) in [6, 6.07) is 16.4. The number of carbonyl (C=O) groups is 2. The molecule has 6 nitrogen and oxygen atoms in total. The lowest BCUT2D eigenvalue weighted by molar-refractivity contribution is -0.120. The van der Waals surface area contributed by atoms with E-state index in [0.29, 0.717) is 41.7 Å². The monoisotopic (exact) mass is 444 g/mol. The smallest absolute Gasteiger partial charge is 0.282 e. The number of hydrogen-bond acceptors (Lipinski definition) is 5. The van der Waals surface area contributed by atoms with Crippen molar-refractivity contribution in [2.24, 2.45) is 0 Å². The van der Waals surface area contributed by atoms with Crippen molar-refractivity contribution in [3.05, 3.63) is 88.9 Å². The fourth-order valence-corrected chi connectivity index (χ4v) is 4.11. The molecule has 0 radical (unpaired) electrons. The molecule has 0 saturated heterocycles. The Morgan fingerprint density at radius 3 is 2.42 bits per heavy atom. The Hall–Kier alpha value is -4.13. The molecule has 1 N–H and O–H groups in total. The van der Waals surface area contributed by atoms with Crippen LogP contribution in [0.15, 0.2) is 66.4 Å². The largest absolute Gasteiger partial charge is 0.486 e. The number of imide groups is 1. The summed E-state index contributed by atoms with van der Waals surface area (Å²) in [5.74, 6) is -0.420. The number of ether oxygens (including phenoxy) is 2. The second-order valence-corrected chi connectivity index (χ2v) is 7.98. The first-order chi connectivity index (χ1) is 15.9. The number of hydrogen-bond donors (Lipinski definition) is 1. The summed E-state index contributed by atoms with van der Waals surface area (Å²) in [7, 11) is 0. The van der Waals surface area contributed by atoms with E-state index in [4.69, 9.17) is 9.47 Å². The number of carbonyl (C=O) groups excluding carboxylic acids is 2. The molecule has 0 aromatic heterocycles. The van der Waals surface area contributed by atoms with Gasteiger partial charge in [0.15, 0.2) is 11.5 Å². The molecular weight excluding hydrogens is 423 g/mol. The van der Waals surface area contributed by atoms with Gasteiger partial charge in [0.1, 0.15) is 24.7 Å². The Kier molecular flexibility index (Phi) is 5.09. The molecule has 7 heteroatoms. The number of aryl methyl sites for hydroxylation is 2. The second kappa shape index (κ2) is 8.09. The topological polar surface area (TPSA) is 67.9 Å². The fourth-order valence-electron chi connectivity index (χ4n) is 4.11. The van der Waals surface area contributed by atoms with Gasteiger partial charge in [0, 0.05) is 11.8 Å². The molecule has 3 aromatic carbocycles. The predicted molar refractivity (Wildman–Crippen MR) is 123 cm³/mol. The summed E-state index contributed by atoms with van der Waals surface area (Å²) in [5, 5.41) is 2.99. The minimum absolute atomic E-state index is 0.0902. The lowest BCUT2D eigenvalue weighted by atomic mass is 9.97. The molecule has 5 rings (SSSR count). The third kappa shape index (κ3) is 3.71. The van der Waals surface area contributed by atoms with Crippen molar-refractivity contribution >= 4 is 28.8 Å². The summed E-state index contributed by atoms with van der Waals surface area (Å²) in [5.41, 5.74) is 3.60. The minimum atomic E-state index is -0.532. The molecule has 0 aliphatic carbocycles. The molecule has 0 fully saturated rings. The summed E-state index contributed by atoms with van der Waals surface area (Å²) >= 11 is 0. The second-order valence-electron chi connectivity index (χ2n) is 7.98. The lowest BCUT2D eigenvalue weighted by Gasteiger charge is -2.21. The Labute approximate surface area is 190 Å². The first kappa shape index (κ1) is 20.8. The molecule has 0 saturated carbocycles. The summed E-state index contributed by atoms with van der Waals surface area (Å²) in [4.78, 5) is 28.3. The number of halogens is 1. The molecule has 0 bridgehead atoms. The molecule has 2 heterocycles. The maximum atomic E-state index is 13.8. The molecule has 3 aromatic rings. The van der Waals surface area contributed by atoms with E-state index in [1.165, 1.54) is 18.2 Å². The van der Waals surface area contributed by atoms with Crippen LogP contribution in [0.3, 0.4) is 0 Å². The zero-order chi connectivity index (χ0) is 23.1. The maximum absolute atomic E-state index is 13.8. The number of nitrogens with zero attached hydrogens (tertiary/aromatic N) is 1. The van der Waals surface area contributed by atoms with E-state index < -0.39 is 17.6 Å². The Morgan fingerprint density at radius 1 is 0.879 bits per heavy atom. The van der Waals surface area contributed by atoms with Crippen molar-refractivity contribution < 1.29 is 23.5 Å². The van der Waals surface area contributed by atoms with Crippen molar-refractivity contribution in [3.63, 3.8) is 0 Å². The van der Waals surface area contributed by atoms with Crippen LogP contribution in [0.25, 0.3) is 5.57 Å². The first-order valence-electron chi connectivity index (χ1n) is 10.6. The van der Waals surface area contributed by atoms with Gasteiger partial charge in [-0.05, 0) is 55.3 Å². The zero-order valence-corrected chi connectivity index (χ0v) is 18.1. The Morgan fingerprint density at radius 2 is 1.67 bits per heavy atom. The molecule has 2 aliphatic heterocycles. The molecule has 33 heavy (non-hydrogen) atoms. The van der Waals surface area contributed by atoms with Gasteiger partial charge in [0.25, 0.3) is 11.8 Å². The molecule has 0 atom stereocenters. The summed E-state index contributed by atoms with van der Waals surface area (Å²) in [6.07, 6.45) is 0. The third-order valence-electron chi connectivity index (χ3n) is 5.61. The number of amides is 2. The van der Waals surface area contributed by atoms with E-state index in [1.807, 2.05) is 32.0 Å². The van der Waals surface area contributed by atoms with Crippen LogP contribution in [0.5, 0.6) is 11.5 Å². The summed E-state index contributed by atoms with van der Waals surface area (Å²) < 4.78 is 25.0. The van der Waals surface area contributed by atoms with Crippen LogP contribution in [0.2, 0.25) is 0 Å². The van der Waals surface area contributed by atoms with Gasteiger partial charge in [0.05, 0.1) is 11.3 Å². The van der Waals surface area contributed by atoms with Crippen LogP contribution in [-0.4, -0.2) is 25.0 Å².